The largest absolute Gasteiger partial charge is 0.493 e. The molecule has 0 aliphatic rings. The first-order valence-electron chi connectivity index (χ1n) is 7.30. The van der Waals surface area contributed by atoms with Gasteiger partial charge < -0.3 is 20.1 Å². The van der Waals surface area contributed by atoms with Gasteiger partial charge in [-0.1, -0.05) is 6.07 Å². The summed E-state index contributed by atoms with van der Waals surface area (Å²) >= 11 is 0. The van der Waals surface area contributed by atoms with Crippen LogP contribution in [0.5, 0.6) is 11.5 Å². The van der Waals surface area contributed by atoms with Gasteiger partial charge in [-0.2, -0.15) is 0 Å². The number of likely N-dealkylation sites (N-methyl/N-ethyl adjacent to an activating group) is 1. The molecule has 0 fully saturated rings. The topological polar surface area (TPSA) is 51.0 Å². The van der Waals surface area contributed by atoms with Gasteiger partial charge in [0.2, 0.25) is 0 Å². The Morgan fingerprint density at radius 1 is 1.05 bits per heavy atom. The lowest BCUT2D eigenvalue weighted by Gasteiger charge is -2.28. The molecule has 5 nitrogen and oxygen atoms in total. The van der Waals surface area contributed by atoms with Gasteiger partial charge in [-0.15, -0.1) is 0 Å². The highest BCUT2D eigenvalue weighted by Crippen LogP contribution is 2.31. The molecule has 0 saturated heterocycles. The number of ether oxygens (including phenoxy) is 2. The molecule has 0 aromatic heterocycles. The molecule has 1 aromatic rings. The van der Waals surface area contributed by atoms with Gasteiger partial charge >= 0.3 is 0 Å². The fraction of sp³-hybridized carbons (Fsp3) is 0.625. The summed E-state index contributed by atoms with van der Waals surface area (Å²) in [7, 11) is 9.60. The second kappa shape index (κ2) is 8.87. The number of methoxy groups -OCH3 is 2. The van der Waals surface area contributed by atoms with Crippen LogP contribution >= 0.6 is 0 Å². The molecule has 0 bridgehead atoms. The molecule has 5 heteroatoms. The maximum absolute atomic E-state index is 5.98. The van der Waals surface area contributed by atoms with E-state index in [9.17, 15) is 0 Å². The van der Waals surface area contributed by atoms with Gasteiger partial charge in [0.05, 0.1) is 14.2 Å². The third kappa shape index (κ3) is 5.19. The molecular formula is C16H29N3O2. The van der Waals surface area contributed by atoms with E-state index in [0.717, 1.165) is 36.6 Å². The first-order chi connectivity index (χ1) is 10.0. The predicted octanol–water partition coefficient (Wildman–Crippen LogP) is 1.59. The summed E-state index contributed by atoms with van der Waals surface area (Å²) in [6.07, 6.45) is 1.12. The molecule has 1 rings (SSSR count). The van der Waals surface area contributed by atoms with Crippen molar-refractivity contribution in [3.05, 3.63) is 23.8 Å². The van der Waals surface area contributed by atoms with E-state index in [4.69, 9.17) is 15.2 Å². The third-order valence-corrected chi connectivity index (χ3v) is 3.66. The molecule has 0 saturated carbocycles. The lowest BCUT2D eigenvalue weighted by molar-refractivity contribution is 0.234. The number of nitrogens with two attached hydrogens (primary N) is 1. The van der Waals surface area contributed by atoms with E-state index in [1.54, 1.807) is 14.2 Å². The van der Waals surface area contributed by atoms with E-state index in [2.05, 4.69) is 37.0 Å². The highest BCUT2D eigenvalue weighted by atomic mass is 16.5. The second-order valence-corrected chi connectivity index (χ2v) is 5.50. The fourth-order valence-corrected chi connectivity index (χ4v) is 2.42. The van der Waals surface area contributed by atoms with Gasteiger partial charge in [-0.25, -0.2) is 0 Å². The Bertz CT molecular complexity index is 424. The molecule has 0 spiro atoms. The highest BCUT2D eigenvalue weighted by molar-refractivity contribution is 5.43. The smallest absolute Gasteiger partial charge is 0.161 e. The molecule has 0 aliphatic heterocycles. The van der Waals surface area contributed by atoms with Crippen molar-refractivity contribution in [3.8, 4) is 11.5 Å². The van der Waals surface area contributed by atoms with E-state index in [-0.39, 0.29) is 6.04 Å². The van der Waals surface area contributed by atoms with E-state index >= 15 is 0 Å². The summed E-state index contributed by atoms with van der Waals surface area (Å²) in [5.74, 6) is 1.49. The molecule has 2 N–H and O–H groups in total. The molecule has 1 aromatic carbocycles. The third-order valence-electron chi connectivity index (χ3n) is 3.66. The van der Waals surface area contributed by atoms with Crippen LogP contribution in [0.4, 0.5) is 0 Å². The Hall–Kier alpha value is -1.30. The van der Waals surface area contributed by atoms with Crippen LogP contribution in [-0.4, -0.2) is 64.8 Å². The normalized spacial score (nSPS) is 12.8. The molecule has 0 amide bonds. The van der Waals surface area contributed by atoms with Gasteiger partial charge in [0, 0.05) is 12.6 Å². The standard InChI is InChI=1S/C16H29N3O2/c1-18(2)9-6-10-19(3)14(12-17)13-7-8-15(20-4)16(11-13)21-5/h7-8,11,14H,6,9-10,12,17H2,1-5H3. The van der Waals surface area contributed by atoms with Gasteiger partial charge in [0.15, 0.2) is 11.5 Å². The van der Waals surface area contributed by atoms with Crippen molar-refractivity contribution in [1.29, 1.82) is 0 Å². The van der Waals surface area contributed by atoms with Crippen LogP contribution in [0.15, 0.2) is 18.2 Å². The van der Waals surface area contributed by atoms with Crippen molar-refractivity contribution in [2.45, 2.75) is 12.5 Å². The molecule has 0 heterocycles. The van der Waals surface area contributed by atoms with Crippen LogP contribution in [0, 0.1) is 0 Å². The van der Waals surface area contributed by atoms with Crippen molar-refractivity contribution in [1.82, 2.24) is 9.80 Å². The number of benzene rings is 1. The Morgan fingerprint density at radius 3 is 2.24 bits per heavy atom. The average Bonchev–Trinajstić information content (AvgIpc) is 2.47. The van der Waals surface area contributed by atoms with Gasteiger partial charge in [-0.3, -0.25) is 4.90 Å². The Kier molecular flexibility index (Phi) is 7.50. The molecule has 1 unspecified atom stereocenters. The van der Waals surface area contributed by atoms with Crippen molar-refractivity contribution in [2.24, 2.45) is 5.73 Å². The average molecular weight is 295 g/mol. The molecule has 21 heavy (non-hydrogen) atoms. The number of rotatable bonds is 9. The zero-order valence-electron chi connectivity index (χ0n) is 13.9. The van der Waals surface area contributed by atoms with Crippen LogP contribution in [0.2, 0.25) is 0 Å². The highest BCUT2D eigenvalue weighted by Gasteiger charge is 2.17. The zero-order chi connectivity index (χ0) is 15.8. The fourth-order valence-electron chi connectivity index (χ4n) is 2.42. The molecular weight excluding hydrogens is 266 g/mol. The van der Waals surface area contributed by atoms with E-state index in [0.29, 0.717) is 6.54 Å². The van der Waals surface area contributed by atoms with Crippen LogP contribution in [0.1, 0.15) is 18.0 Å². The van der Waals surface area contributed by atoms with Crippen molar-refractivity contribution in [2.75, 3.05) is 55.0 Å². The molecule has 120 valence electrons. The van der Waals surface area contributed by atoms with Crippen LogP contribution in [-0.2, 0) is 0 Å². The second-order valence-electron chi connectivity index (χ2n) is 5.50. The number of hydrogen-bond acceptors (Lipinski definition) is 5. The Labute approximate surface area is 128 Å². The summed E-state index contributed by atoms with van der Waals surface area (Å²) < 4.78 is 10.7. The lowest BCUT2D eigenvalue weighted by atomic mass is 10.0. The summed E-state index contributed by atoms with van der Waals surface area (Å²) in [6.45, 7) is 2.66. The first kappa shape index (κ1) is 17.8. The van der Waals surface area contributed by atoms with Crippen molar-refractivity contribution < 1.29 is 9.47 Å². The van der Waals surface area contributed by atoms with E-state index in [1.807, 2.05) is 12.1 Å². The number of nitrogens with zero attached hydrogens (tertiary/aromatic N) is 2. The number of hydrogen-bond donors (Lipinski definition) is 1. The summed E-state index contributed by atoms with van der Waals surface area (Å²) in [5, 5.41) is 0. The SMILES string of the molecule is COc1ccc(C(CN)N(C)CCCN(C)C)cc1OC. The minimum absolute atomic E-state index is 0.187. The van der Waals surface area contributed by atoms with Crippen LogP contribution < -0.4 is 15.2 Å². The van der Waals surface area contributed by atoms with E-state index in [1.165, 1.54) is 0 Å². The summed E-state index contributed by atoms with van der Waals surface area (Å²) in [5.41, 5.74) is 7.13. The predicted molar refractivity (Wildman–Crippen MR) is 87.1 cm³/mol. The van der Waals surface area contributed by atoms with Crippen LogP contribution in [0.3, 0.4) is 0 Å². The van der Waals surface area contributed by atoms with Crippen molar-refractivity contribution in [3.63, 3.8) is 0 Å². The van der Waals surface area contributed by atoms with Crippen LogP contribution in [0.25, 0.3) is 0 Å². The minimum atomic E-state index is 0.187. The monoisotopic (exact) mass is 295 g/mol. The van der Waals surface area contributed by atoms with Crippen molar-refractivity contribution >= 4 is 0 Å². The van der Waals surface area contributed by atoms with Gasteiger partial charge in [0.25, 0.3) is 0 Å². The lowest BCUT2D eigenvalue weighted by Crippen LogP contribution is -2.32. The minimum Gasteiger partial charge on any atom is -0.493 e. The maximum Gasteiger partial charge on any atom is 0.161 e. The Balaban J connectivity index is 2.79. The quantitative estimate of drug-likeness (QED) is 0.750. The molecule has 0 aliphatic carbocycles. The van der Waals surface area contributed by atoms with E-state index < -0.39 is 0 Å². The summed E-state index contributed by atoms with van der Waals surface area (Å²) in [6, 6.07) is 6.19. The Morgan fingerprint density at radius 2 is 1.71 bits per heavy atom. The zero-order valence-corrected chi connectivity index (χ0v) is 13.9. The molecule has 1 atom stereocenters. The maximum atomic E-state index is 5.98. The molecule has 0 radical (unpaired) electrons. The van der Waals surface area contributed by atoms with Gasteiger partial charge in [0.1, 0.15) is 0 Å². The first-order valence-corrected chi connectivity index (χ1v) is 7.30. The van der Waals surface area contributed by atoms with Gasteiger partial charge in [-0.05, 0) is 58.3 Å². The summed E-state index contributed by atoms with van der Waals surface area (Å²) in [4.78, 5) is 4.49.